The third-order valence-electron chi connectivity index (χ3n) is 6.80. The zero-order valence-corrected chi connectivity index (χ0v) is 17.4. The first-order chi connectivity index (χ1) is 15.2. The van der Waals surface area contributed by atoms with Gasteiger partial charge < -0.3 is 5.73 Å². The number of carbonyl (C=O) groups excluding carboxylic acids is 1. The molecule has 1 atom stereocenters. The molecule has 4 nitrogen and oxygen atoms in total. The van der Waals surface area contributed by atoms with Crippen LogP contribution >= 0.6 is 0 Å². The Balaban J connectivity index is 1.43. The highest BCUT2D eigenvalue weighted by Crippen LogP contribution is 2.52. The Kier molecular flexibility index (Phi) is 4.04. The zero-order chi connectivity index (χ0) is 21.0. The van der Waals surface area contributed by atoms with E-state index >= 15 is 0 Å². The molecule has 3 aromatic carbocycles. The molecule has 2 fully saturated rings. The average Bonchev–Trinajstić information content (AvgIpc) is 3.72. The highest BCUT2D eigenvalue weighted by Gasteiger charge is 2.58. The van der Waals surface area contributed by atoms with Gasteiger partial charge in [0.1, 0.15) is 0 Å². The molecule has 1 aliphatic heterocycles. The van der Waals surface area contributed by atoms with Gasteiger partial charge in [-0.1, -0.05) is 60.7 Å². The van der Waals surface area contributed by atoms with Gasteiger partial charge in [0, 0.05) is 0 Å². The maximum absolute atomic E-state index is 13.9. The van der Waals surface area contributed by atoms with Gasteiger partial charge in [-0.05, 0) is 78.0 Å². The summed E-state index contributed by atoms with van der Waals surface area (Å²) in [4.78, 5) is 20.3. The highest BCUT2D eigenvalue weighted by molar-refractivity contribution is 6.23. The van der Waals surface area contributed by atoms with Gasteiger partial charge >= 0.3 is 0 Å². The van der Waals surface area contributed by atoms with Crippen molar-refractivity contribution in [2.45, 2.75) is 37.1 Å². The van der Waals surface area contributed by atoms with E-state index in [1.54, 1.807) is 4.90 Å². The van der Waals surface area contributed by atoms with E-state index < -0.39 is 5.54 Å². The fourth-order valence-corrected chi connectivity index (χ4v) is 4.90. The van der Waals surface area contributed by atoms with Gasteiger partial charge in [0.25, 0.3) is 5.91 Å². The molecule has 1 heterocycles. The zero-order valence-electron chi connectivity index (χ0n) is 17.4. The van der Waals surface area contributed by atoms with Crippen molar-refractivity contribution in [3.05, 3.63) is 90.0 Å². The first-order valence-corrected chi connectivity index (χ1v) is 11.1. The molecule has 154 valence electrons. The summed E-state index contributed by atoms with van der Waals surface area (Å²) in [6.45, 7) is 0. The first kappa shape index (κ1) is 18.4. The van der Waals surface area contributed by atoms with E-state index in [0.29, 0.717) is 5.92 Å². The van der Waals surface area contributed by atoms with Gasteiger partial charge in [-0.3, -0.25) is 4.79 Å². The summed E-state index contributed by atoms with van der Waals surface area (Å²) in [5, 5.41) is 0. The molecule has 1 unspecified atom stereocenters. The summed E-state index contributed by atoms with van der Waals surface area (Å²) in [6.07, 6.45) is 4.55. The lowest BCUT2D eigenvalue weighted by atomic mass is 9.83. The molecular formula is C27H25N3O. The Hall–Kier alpha value is -3.40. The maximum atomic E-state index is 13.9. The molecule has 0 radical (unpaired) electrons. The third kappa shape index (κ3) is 2.97. The molecule has 3 aromatic rings. The normalized spacial score (nSPS) is 23.2. The number of guanidine groups is 1. The number of rotatable bonds is 5. The monoisotopic (exact) mass is 407 g/mol. The van der Waals surface area contributed by atoms with Gasteiger partial charge in [0.2, 0.25) is 5.96 Å². The van der Waals surface area contributed by atoms with Gasteiger partial charge in [-0.15, -0.1) is 0 Å². The number of nitrogens with two attached hydrogens (primary N) is 1. The van der Waals surface area contributed by atoms with Crippen molar-refractivity contribution in [3.8, 4) is 11.1 Å². The molecule has 0 bridgehead atoms. The molecule has 2 aliphatic carbocycles. The molecule has 2 saturated carbocycles. The van der Waals surface area contributed by atoms with Gasteiger partial charge in [-0.25, -0.2) is 9.89 Å². The maximum Gasteiger partial charge on any atom is 0.266 e. The Morgan fingerprint density at radius 3 is 2.26 bits per heavy atom. The summed E-state index contributed by atoms with van der Waals surface area (Å²) < 4.78 is 0. The summed E-state index contributed by atoms with van der Waals surface area (Å²) in [5.41, 5.74) is 10.9. The Labute approximate surface area is 182 Å². The summed E-state index contributed by atoms with van der Waals surface area (Å²) in [6, 6.07) is 26.7. The van der Waals surface area contributed by atoms with Crippen LogP contribution in [0.25, 0.3) is 11.1 Å². The molecule has 0 saturated heterocycles. The van der Waals surface area contributed by atoms with Crippen molar-refractivity contribution < 1.29 is 4.79 Å². The van der Waals surface area contributed by atoms with Crippen molar-refractivity contribution in [1.29, 1.82) is 0 Å². The van der Waals surface area contributed by atoms with Gasteiger partial charge in [0.05, 0.1) is 5.69 Å². The van der Waals surface area contributed by atoms with Crippen molar-refractivity contribution in [1.82, 2.24) is 0 Å². The van der Waals surface area contributed by atoms with Crippen LogP contribution in [0.4, 0.5) is 5.69 Å². The largest absolute Gasteiger partial charge is 0.369 e. The smallest absolute Gasteiger partial charge is 0.266 e. The number of amides is 1. The molecule has 2 N–H and O–H groups in total. The van der Waals surface area contributed by atoms with Crippen LogP contribution in [0.2, 0.25) is 0 Å². The minimum absolute atomic E-state index is 0.0393. The molecule has 0 aromatic heterocycles. The molecule has 31 heavy (non-hydrogen) atoms. The van der Waals surface area contributed by atoms with E-state index in [2.05, 4.69) is 36.4 Å². The van der Waals surface area contributed by atoms with Crippen molar-refractivity contribution >= 4 is 17.6 Å². The van der Waals surface area contributed by atoms with E-state index in [1.807, 2.05) is 42.5 Å². The number of anilines is 1. The Morgan fingerprint density at radius 2 is 1.55 bits per heavy atom. The fraction of sp³-hybridized carbons (Fsp3) is 0.259. The number of para-hydroxylation sites is 1. The van der Waals surface area contributed by atoms with E-state index in [0.717, 1.165) is 29.7 Å². The van der Waals surface area contributed by atoms with Crippen LogP contribution < -0.4 is 10.6 Å². The molecule has 4 heteroatoms. The summed E-state index contributed by atoms with van der Waals surface area (Å²) in [7, 11) is 0. The van der Waals surface area contributed by atoms with E-state index in [1.165, 1.54) is 24.0 Å². The minimum atomic E-state index is -0.927. The predicted octanol–water partition coefficient (Wildman–Crippen LogP) is 5.20. The number of hydrogen-bond donors (Lipinski definition) is 1. The van der Waals surface area contributed by atoms with Crippen molar-refractivity contribution in [2.75, 3.05) is 4.90 Å². The van der Waals surface area contributed by atoms with Crippen LogP contribution in [0.3, 0.4) is 0 Å². The van der Waals surface area contributed by atoms with Crippen LogP contribution in [0.15, 0.2) is 83.9 Å². The fourth-order valence-electron chi connectivity index (χ4n) is 4.90. The second-order valence-electron chi connectivity index (χ2n) is 8.97. The van der Waals surface area contributed by atoms with Crippen molar-refractivity contribution in [3.63, 3.8) is 0 Å². The quantitative estimate of drug-likeness (QED) is 0.632. The second-order valence-corrected chi connectivity index (χ2v) is 8.97. The first-order valence-electron chi connectivity index (χ1n) is 11.1. The summed E-state index contributed by atoms with van der Waals surface area (Å²) >= 11 is 0. The standard InChI is InChI=1S/C27H25N3O/c28-26-29-27(22-14-15-22,25(31)30(26)24-10-2-1-3-11-24)23-9-5-8-21(17-23)20-7-4-6-19(16-20)18-12-13-18/h1-11,16-18,22H,12-15H2,(H2,28,29). The minimum Gasteiger partial charge on any atom is -0.369 e. The molecule has 1 amide bonds. The number of benzene rings is 3. The average molecular weight is 408 g/mol. The number of aliphatic imine (C=N–C) groups is 1. The van der Waals surface area contributed by atoms with E-state index in [9.17, 15) is 4.79 Å². The highest BCUT2D eigenvalue weighted by atomic mass is 16.2. The number of carbonyl (C=O) groups is 1. The van der Waals surface area contributed by atoms with Crippen LogP contribution in [-0.4, -0.2) is 11.9 Å². The van der Waals surface area contributed by atoms with Crippen LogP contribution in [0, 0.1) is 5.92 Å². The lowest BCUT2D eigenvalue weighted by Crippen LogP contribution is -2.44. The van der Waals surface area contributed by atoms with E-state index in [-0.39, 0.29) is 17.8 Å². The lowest BCUT2D eigenvalue weighted by molar-refractivity contribution is -0.122. The molecule has 6 rings (SSSR count). The SMILES string of the molecule is NC1=NC(c2cccc(-c3cccc(C4CC4)c3)c2)(C2CC2)C(=O)N1c1ccccc1. The topological polar surface area (TPSA) is 58.7 Å². The molecular weight excluding hydrogens is 382 g/mol. The third-order valence-corrected chi connectivity index (χ3v) is 6.80. The number of nitrogens with zero attached hydrogens (tertiary/aromatic N) is 2. The van der Waals surface area contributed by atoms with Gasteiger partial charge in [0.15, 0.2) is 5.54 Å². The van der Waals surface area contributed by atoms with Crippen LogP contribution in [-0.2, 0) is 10.3 Å². The Morgan fingerprint density at radius 1 is 0.839 bits per heavy atom. The van der Waals surface area contributed by atoms with Crippen LogP contribution in [0.5, 0.6) is 0 Å². The molecule has 0 spiro atoms. The van der Waals surface area contributed by atoms with Crippen molar-refractivity contribution in [2.24, 2.45) is 16.6 Å². The number of hydrogen-bond acceptors (Lipinski definition) is 3. The Bertz CT molecular complexity index is 1190. The van der Waals surface area contributed by atoms with E-state index in [4.69, 9.17) is 10.7 Å². The van der Waals surface area contributed by atoms with Crippen LogP contribution in [0.1, 0.15) is 42.7 Å². The molecule has 3 aliphatic rings. The summed E-state index contributed by atoms with van der Waals surface area (Å²) in [5.74, 6) is 1.15. The van der Waals surface area contributed by atoms with Gasteiger partial charge in [-0.2, -0.15) is 0 Å². The second kappa shape index (κ2) is 6.81. The lowest BCUT2D eigenvalue weighted by Gasteiger charge is -2.27. The predicted molar refractivity (Wildman–Crippen MR) is 124 cm³/mol.